The Labute approximate surface area is 246 Å². The standard InChI is InChI=1S/C32H26Cl2N2O5/c1-35-29(40)31(33)15-22-20(12-13-21-24(22)28(39)36(27(21)38)16-17-7-3-2-4-8-17)26(32(31,34)30(35)41)25-19-10-6-5-9-18(19)11-14-23(25)37/h2-12,14,21-22,24,26,37H,13,15-16H2,1H3/t21-,22+,24-,26+,31+,32-/m0/s1. The van der Waals surface area contributed by atoms with E-state index in [4.69, 9.17) is 23.2 Å². The summed E-state index contributed by atoms with van der Waals surface area (Å²) in [6, 6.07) is 20.0. The summed E-state index contributed by atoms with van der Waals surface area (Å²) in [6.07, 6.45) is 2.07. The van der Waals surface area contributed by atoms with E-state index in [1.165, 1.54) is 11.9 Å². The molecule has 0 bridgehead atoms. The lowest BCUT2D eigenvalue weighted by atomic mass is 9.56. The third-order valence-electron chi connectivity index (χ3n) is 9.53. The van der Waals surface area contributed by atoms with Gasteiger partial charge in [0.15, 0.2) is 9.75 Å². The van der Waals surface area contributed by atoms with Gasteiger partial charge in [0.25, 0.3) is 11.8 Å². The molecule has 7 rings (SSSR count). The molecule has 2 aliphatic heterocycles. The van der Waals surface area contributed by atoms with Gasteiger partial charge in [0, 0.05) is 18.5 Å². The summed E-state index contributed by atoms with van der Waals surface area (Å²) in [7, 11) is 1.35. The predicted octanol–water partition coefficient (Wildman–Crippen LogP) is 4.73. The second-order valence-corrected chi connectivity index (χ2v) is 12.7. The number of nitrogens with zero attached hydrogens (tertiary/aromatic N) is 2. The van der Waals surface area contributed by atoms with Gasteiger partial charge in [-0.1, -0.05) is 72.3 Å². The molecule has 2 aliphatic carbocycles. The molecule has 7 nitrogen and oxygen atoms in total. The van der Waals surface area contributed by atoms with Crippen LogP contribution in [-0.2, 0) is 25.7 Å². The van der Waals surface area contributed by atoms with E-state index < -0.39 is 45.2 Å². The van der Waals surface area contributed by atoms with E-state index in [1.807, 2.05) is 60.7 Å². The average molecular weight is 589 g/mol. The van der Waals surface area contributed by atoms with Crippen molar-refractivity contribution in [2.45, 2.75) is 35.1 Å². The van der Waals surface area contributed by atoms with Crippen molar-refractivity contribution in [3.63, 3.8) is 0 Å². The highest BCUT2D eigenvalue weighted by Gasteiger charge is 2.76. The lowest BCUT2D eigenvalue weighted by Gasteiger charge is -2.51. The molecule has 0 radical (unpaired) electrons. The lowest BCUT2D eigenvalue weighted by Crippen LogP contribution is -2.60. The lowest BCUT2D eigenvalue weighted by molar-refractivity contribution is -0.141. The number of carbonyl (C=O) groups is 4. The van der Waals surface area contributed by atoms with Gasteiger partial charge >= 0.3 is 0 Å². The van der Waals surface area contributed by atoms with Gasteiger partial charge in [-0.3, -0.25) is 29.0 Å². The molecule has 2 heterocycles. The summed E-state index contributed by atoms with van der Waals surface area (Å²) in [4.78, 5) is 53.5. The van der Waals surface area contributed by atoms with Crippen LogP contribution in [0.25, 0.3) is 10.8 Å². The summed E-state index contributed by atoms with van der Waals surface area (Å²) < 4.78 is 0. The number of benzene rings is 3. The van der Waals surface area contributed by atoms with Crippen molar-refractivity contribution in [1.29, 1.82) is 0 Å². The third-order valence-corrected chi connectivity index (χ3v) is 10.9. The molecule has 2 saturated heterocycles. The summed E-state index contributed by atoms with van der Waals surface area (Å²) in [6.45, 7) is 0.146. The first kappa shape index (κ1) is 26.2. The highest BCUT2D eigenvalue weighted by atomic mass is 35.5. The van der Waals surface area contributed by atoms with Gasteiger partial charge in [-0.25, -0.2) is 0 Å². The molecular formula is C32H26Cl2N2O5. The van der Waals surface area contributed by atoms with E-state index in [2.05, 4.69) is 0 Å². The average Bonchev–Trinajstić information content (AvgIpc) is 3.29. The van der Waals surface area contributed by atoms with Crippen LogP contribution in [0.5, 0.6) is 5.75 Å². The molecule has 0 unspecified atom stereocenters. The number of aromatic hydroxyl groups is 1. The Hall–Kier alpha value is -3.68. The zero-order chi connectivity index (χ0) is 28.8. The number of halogens is 2. The van der Waals surface area contributed by atoms with Gasteiger partial charge in [0.1, 0.15) is 5.75 Å². The fourth-order valence-electron chi connectivity index (χ4n) is 7.64. The summed E-state index contributed by atoms with van der Waals surface area (Å²) in [5.74, 6) is -5.02. The Morgan fingerprint density at radius 2 is 1.59 bits per heavy atom. The number of carbonyl (C=O) groups excluding carboxylic acids is 4. The molecule has 1 N–H and O–H groups in total. The number of alkyl halides is 2. The first-order valence-electron chi connectivity index (χ1n) is 13.6. The van der Waals surface area contributed by atoms with Crippen molar-refractivity contribution < 1.29 is 24.3 Å². The number of likely N-dealkylation sites (tertiary alicyclic amines) is 2. The molecular weight excluding hydrogens is 563 g/mol. The molecule has 1 saturated carbocycles. The number of rotatable bonds is 3. The van der Waals surface area contributed by atoms with Crippen molar-refractivity contribution >= 4 is 57.6 Å². The van der Waals surface area contributed by atoms with Gasteiger partial charge < -0.3 is 5.11 Å². The highest BCUT2D eigenvalue weighted by molar-refractivity contribution is 6.53. The van der Waals surface area contributed by atoms with Crippen LogP contribution in [0.15, 0.2) is 78.4 Å². The Morgan fingerprint density at radius 1 is 0.878 bits per heavy atom. The number of phenols is 1. The van der Waals surface area contributed by atoms with Gasteiger partial charge in [-0.15, -0.1) is 23.2 Å². The molecule has 41 heavy (non-hydrogen) atoms. The predicted molar refractivity (Wildman–Crippen MR) is 153 cm³/mol. The summed E-state index contributed by atoms with van der Waals surface area (Å²) in [5, 5.41) is 12.8. The van der Waals surface area contributed by atoms with Crippen molar-refractivity contribution in [1.82, 2.24) is 9.80 Å². The maximum atomic E-state index is 14.0. The Bertz CT molecular complexity index is 1710. The van der Waals surface area contributed by atoms with E-state index in [9.17, 15) is 24.3 Å². The fourth-order valence-corrected chi connectivity index (χ4v) is 8.64. The van der Waals surface area contributed by atoms with Crippen molar-refractivity contribution in [2.75, 3.05) is 7.05 Å². The number of imide groups is 2. The van der Waals surface area contributed by atoms with Crippen molar-refractivity contribution in [3.05, 3.63) is 89.5 Å². The highest BCUT2D eigenvalue weighted by Crippen LogP contribution is 2.66. The number of phenolic OH excluding ortho intramolecular Hbond substituents is 1. The molecule has 3 aromatic rings. The minimum Gasteiger partial charge on any atom is -0.508 e. The first-order chi connectivity index (χ1) is 19.6. The summed E-state index contributed by atoms with van der Waals surface area (Å²) >= 11 is 14.5. The zero-order valence-electron chi connectivity index (χ0n) is 22.1. The third kappa shape index (κ3) is 3.33. The van der Waals surface area contributed by atoms with E-state index >= 15 is 0 Å². The van der Waals surface area contributed by atoms with E-state index in [-0.39, 0.29) is 37.0 Å². The smallest absolute Gasteiger partial charge is 0.253 e. The molecule has 4 amide bonds. The number of hydrogen-bond donors (Lipinski definition) is 1. The van der Waals surface area contributed by atoms with Gasteiger partial charge in [-0.05, 0) is 41.2 Å². The molecule has 9 heteroatoms. The summed E-state index contributed by atoms with van der Waals surface area (Å²) in [5.41, 5.74) is 1.87. The normalized spacial score (nSPS) is 32.7. The maximum Gasteiger partial charge on any atom is 0.253 e. The molecule has 0 aromatic heterocycles. The quantitative estimate of drug-likeness (QED) is 0.271. The van der Waals surface area contributed by atoms with Crippen LogP contribution < -0.4 is 0 Å². The molecule has 208 valence electrons. The molecule has 6 atom stereocenters. The minimum atomic E-state index is -1.95. The number of amides is 4. The van der Waals surface area contributed by atoms with Crippen LogP contribution in [0.3, 0.4) is 0 Å². The SMILES string of the molecule is CN1C(=O)[C@]2(Cl)C[C@@H]3C(=CC[C@@H]4C(=O)N(Cc5ccccc5)C(=O)[C@@H]43)[C@H](c3c(O)ccc4ccccc34)[C@]2(Cl)C1=O. The first-order valence-corrected chi connectivity index (χ1v) is 14.3. The van der Waals surface area contributed by atoms with Crippen molar-refractivity contribution in [2.24, 2.45) is 17.8 Å². The zero-order valence-corrected chi connectivity index (χ0v) is 23.6. The van der Waals surface area contributed by atoms with Crippen LogP contribution in [-0.4, -0.2) is 55.3 Å². The molecule has 4 aliphatic rings. The Balaban J connectivity index is 1.42. The number of fused-ring (bicyclic) bond motifs is 5. The molecule has 3 fully saturated rings. The van der Waals surface area contributed by atoms with Crippen LogP contribution >= 0.6 is 23.2 Å². The van der Waals surface area contributed by atoms with Crippen LogP contribution in [0.1, 0.15) is 29.9 Å². The van der Waals surface area contributed by atoms with Crippen LogP contribution in [0.2, 0.25) is 0 Å². The van der Waals surface area contributed by atoms with Crippen LogP contribution in [0, 0.1) is 17.8 Å². The fraction of sp³-hybridized carbons (Fsp3) is 0.312. The Kier molecular flexibility index (Phi) is 5.70. The van der Waals surface area contributed by atoms with Gasteiger partial charge in [-0.2, -0.15) is 0 Å². The minimum absolute atomic E-state index is 0.0831. The molecule has 0 spiro atoms. The topological polar surface area (TPSA) is 95.0 Å². The maximum absolute atomic E-state index is 14.0. The Morgan fingerprint density at radius 3 is 2.34 bits per heavy atom. The largest absolute Gasteiger partial charge is 0.508 e. The van der Waals surface area contributed by atoms with E-state index in [0.29, 0.717) is 16.5 Å². The van der Waals surface area contributed by atoms with E-state index in [0.717, 1.165) is 15.8 Å². The van der Waals surface area contributed by atoms with Crippen LogP contribution in [0.4, 0.5) is 0 Å². The number of hydrogen-bond acceptors (Lipinski definition) is 5. The second-order valence-electron chi connectivity index (χ2n) is 11.5. The monoisotopic (exact) mass is 588 g/mol. The van der Waals surface area contributed by atoms with E-state index in [1.54, 1.807) is 12.1 Å². The van der Waals surface area contributed by atoms with Crippen molar-refractivity contribution in [3.8, 4) is 5.75 Å². The van der Waals surface area contributed by atoms with Gasteiger partial charge in [0.05, 0.1) is 18.4 Å². The molecule has 3 aromatic carbocycles. The van der Waals surface area contributed by atoms with Gasteiger partial charge in [0.2, 0.25) is 11.8 Å². The number of allylic oxidation sites excluding steroid dienone is 2. The second kappa shape index (κ2) is 8.91.